The smallest absolute Gasteiger partial charge is 0.226 e. The van der Waals surface area contributed by atoms with Gasteiger partial charge in [-0.05, 0) is 31.0 Å². The fourth-order valence-electron chi connectivity index (χ4n) is 2.51. The van der Waals surface area contributed by atoms with E-state index in [4.69, 9.17) is 0 Å². The third-order valence-electron chi connectivity index (χ3n) is 3.68. The van der Waals surface area contributed by atoms with Gasteiger partial charge in [-0.2, -0.15) is 0 Å². The zero-order valence-corrected chi connectivity index (χ0v) is 14.4. The third-order valence-corrected chi connectivity index (χ3v) is 4.57. The summed E-state index contributed by atoms with van der Waals surface area (Å²) in [6.07, 6.45) is 3.61. The summed E-state index contributed by atoms with van der Waals surface area (Å²) >= 11 is 1.45. The Kier molecular flexibility index (Phi) is 4.96. The highest BCUT2D eigenvalue weighted by molar-refractivity contribution is 7.13. The number of benzene rings is 1. The number of hydrogen-bond acceptors (Lipinski definition) is 5. The number of amides is 1. The first-order valence-electron chi connectivity index (χ1n) is 7.70. The molecule has 1 aromatic carbocycles. The standard InChI is InChI=1S/C18H18N4OS/c1-12-6-3-4-7-15(12)13(2)21-16(23)10-14-11-24-18(22-14)17-19-8-5-9-20-17/h3-9,11,13H,10H2,1-2H3,(H,21,23). The molecule has 2 aromatic heterocycles. The zero-order valence-electron chi connectivity index (χ0n) is 13.6. The van der Waals surface area contributed by atoms with E-state index in [0.29, 0.717) is 5.82 Å². The van der Waals surface area contributed by atoms with Gasteiger partial charge in [0.1, 0.15) is 0 Å². The van der Waals surface area contributed by atoms with Gasteiger partial charge in [0.05, 0.1) is 18.2 Å². The molecule has 1 unspecified atom stereocenters. The monoisotopic (exact) mass is 338 g/mol. The van der Waals surface area contributed by atoms with E-state index in [9.17, 15) is 4.79 Å². The van der Waals surface area contributed by atoms with Crippen molar-refractivity contribution >= 4 is 17.2 Å². The summed E-state index contributed by atoms with van der Waals surface area (Å²) in [7, 11) is 0. The maximum Gasteiger partial charge on any atom is 0.226 e. The summed E-state index contributed by atoms with van der Waals surface area (Å²) in [6.45, 7) is 4.04. The van der Waals surface area contributed by atoms with E-state index in [-0.39, 0.29) is 18.4 Å². The Morgan fingerprint density at radius 1 is 1.21 bits per heavy atom. The van der Waals surface area contributed by atoms with Crippen molar-refractivity contribution in [3.63, 3.8) is 0 Å². The van der Waals surface area contributed by atoms with Gasteiger partial charge in [-0.3, -0.25) is 4.79 Å². The molecule has 6 heteroatoms. The lowest BCUT2D eigenvalue weighted by Crippen LogP contribution is -2.28. The van der Waals surface area contributed by atoms with Gasteiger partial charge in [-0.1, -0.05) is 24.3 Å². The first kappa shape index (κ1) is 16.3. The molecule has 24 heavy (non-hydrogen) atoms. The molecule has 0 aliphatic rings. The van der Waals surface area contributed by atoms with Gasteiger partial charge in [-0.25, -0.2) is 15.0 Å². The van der Waals surface area contributed by atoms with Crippen molar-refractivity contribution in [2.75, 3.05) is 0 Å². The van der Waals surface area contributed by atoms with Crippen molar-refractivity contribution in [2.45, 2.75) is 26.3 Å². The van der Waals surface area contributed by atoms with Gasteiger partial charge in [0.15, 0.2) is 10.8 Å². The van der Waals surface area contributed by atoms with Crippen LogP contribution in [-0.4, -0.2) is 20.9 Å². The number of carbonyl (C=O) groups excluding carboxylic acids is 1. The minimum Gasteiger partial charge on any atom is -0.349 e. The Balaban J connectivity index is 1.63. The van der Waals surface area contributed by atoms with Gasteiger partial charge < -0.3 is 5.32 Å². The molecule has 1 amide bonds. The summed E-state index contributed by atoms with van der Waals surface area (Å²) in [6, 6.07) is 9.79. The molecular formula is C18H18N4OS. The van der Waals surface area contributed by atoms with Crippen LogP contribution in [0.3, 0.4) is 0 Å². The minimum atomic E-state index is -0.0448. The van der Waals surface area contributed by atoms with E-state index in [1.54, 1.807) is 18.5 Å². The minimum absolute atomic E-state index is 0.0331. The van der Waals surface area contributed by atoms with Crippen LogP contribution in [0.1, 0.15) is 29.8 Å². The molecule has 0 saturated carbocycles. The lowest BCUT2D eigenvalue weighted by Gasteiger charge is -2.16. The Morgan fingerprint density at radius 2 is 1.96 bits per heavy atom. The molecule has 0 bridgehead atoms. The molecule has 3 aromatic rings. The molecule has 0 aliphatic heterocycles. The van der Waals surface area contributed by atoms with E-state index < -0.39 is 0 Å². The van der Waals surface area contributed by atoms with Gasteiger partial charge in [0.2, 0.25) is 5.91 Å². The molecule has 3 rings (SSSR count). The quantitative estimate of drug-likeness (QED) is 0.775. The predicted octanol–water partition coefficient (Wildman–Crippen LogP) is 3.33. The second kappa shape index (κ2) is 7.31. The van der Waals surface area contributed by atoms with E-state index in [0.717, 1.165) is 16.3 Å². The molecule has 1 atom stereocenters. The van der Waals surface area contributed by atoms with E-state index in [2.05, 4.69) is 20.3 Å². The van der Waals surface area contributed by atoms with Crippen LogP contribution in [0, 0.1) is 6.92 Å². The van der Waals surface area contributed by atoms with Crippen molar-refractivity contribution < 1.29 is 4.79 Å². The van der Waals surface area contributed by atoms with Crippen molar-refractivity contribution in [3.05, 3.63) is 64.9 Å². The molecular weight excluding hydrogens is 320 g/mol. The van der Waals surface area contributed by atoms with Gasteiger partial charge >= 0.3 is 0 Å². The predicted molar refractivity (Wildman–Crippen MR) is 94.6 cm³/mol. The SMILES string of the molecule is Cc1ccccc1C(C)NC(=O)Cc1csc(-c2ncccn2)n1. The number of nitrogens with one attached hydrogen (secondary N) is 1. The Labute approximate surface area is 144 Å². The van der Waals surface area contributed by atoms with Crippen LogP contribution in [0.15, 0.2) is 48.1 Å². The van der Waals surface area contributed by atoms with Crippen LogP contribution < -0.4 is 5.32 Å². The average Bonchev–Trinajstić information content (AvgIpc) is 3.04. The van der Waals surface area contributed by atoms with Crippen LogP contribution in [0.4, 0.5) is 0 Å². The molecule has 122 valence electrons. The summed E-state index contributed by atoms with van der Waals surface area (Å²) in [5, 5.41) is 5.63. The van der Waals surface area contributed by atoms with Crippen molar-refractivity contribution in [1.29, 1.82) is 0 Å². The van der Waals surface area contributed by atoms with E-state index >= 15 is 0 Å². The van der Waals surface area contributed by atoms with Gasteiger partial charge in [0, 0.05) is 17.8 Å². The van der Waals surface area contributed by atoms with Gasteiger partial charge in [0.25, 0.3) is 0 Å². The third kappa shape index (κ3) is 3.83. The van der Waals surface area contributed by atoms with Crippen LogP contribution in [-0.2, 0) is 11.2 Å². The van der Waals surface area contributed by atoms with Gasteiger partial charge in [-0.15, -0.1) is 11.3 Å². The second-order valence-corrected chi connectivity index (χ2v) is 6.40. The highest BCUT2D eigenvalue weighted by atomic mass is 32.1. The lowest BCUT2D eigenvalue weighted by molar-refractivity contribution is -0.121. The largest absolute Gasteiger partial charge is 0.349 e. The van der Waals surface area contributed by atoms with Crippen LogP contribution in [0.5, 0.6) is 0 Å². The Hall–Kier alpha value is -2.60. The summed E-state index contributed by atoms with van der Waals surface area (Å²) in [4.78, 5) is 25.1. The Bertz CT molecular complexity index is 832. The fraction of sp³-hybridized carbons (Fsp3) is 0.222. The lowest BCUT2D eigenvalue weighted by atomic mass is 10.0. The maximum absolute atomic E-state index is 12.3. The average molecular weight is 338 g/mol. The number of rotatable bonds is 5. The van der Waals surface area contributed by atoms with Crippen molar-refractivity contribution in [2.24, 2.45) is 0 Å². The van der Waals surface area contributed by atoms with Crippen LogP contribution in [0.2, 0.25) is 0 Å². The summed E-state index contributed by atoms with van der Waals surface area (Å²) in [5.41, 5.74) is 3.03. The normalized spacial score (nSPS) is 11.9. The molecule has 2 heterocycles. The number of hydrogen-bond donors (Lipinski definition) is 1. The molecule has 5 nitrogen and oxygen atoms in total. The second-order valence-electron chi connectivity index (χ2n) is 5.54. The number of carbonyl (C=O) groups is 1. The first-order valence-corrected chi connectivity index (χ1v) is 8.58. The number of thiazole rings is 1. The van der Waals surface area contributed by atoms with Crippen molar-refractivity contribution in [3.8, 4) is 10.8 Å². The molecule has 0 aliphatic carbocycles. The van der Waals surface area contributed by atoms with Crippen molar-refractivity contribution in [1.82, 2.24) is 20.3 Å². The van der Waals surface area contributed by atoms with Crippen LogP contribution >= 0.6 is 11.3 Å². The summed E-state index contributed by atoms with van der Waals surface area (Å²) < 4.78 is 0. The van der Waals surface area contributed by atoms with Crippen LogP contribution in [0.25, 0.3) is 10.8 Å². The highest BCUT2D eigenvalue weighted by Crippen LogP contribution is 2.20. The molecule has 0 fully saturated rings. The van der Waals surface area contributed by atoms with E-state index in [1.165, 1.54) is 16.9 Å². The summed E-state index contributed by atoms with van der Waals surface area (Å²) in [5.74, 6) is 0.541. The maximum atomic E-state index is 12.3. The molecule has 1 N–H and O–H groups in total. The molecule has 0 spiro atoms. The molecule has 0 saturated heterocycles. The fourth-order valence-corrected chi connectivity index (χ4v) is 3.27. The zero-order chi connectivity index (χ0) is 16.9. The number of aryl methyl sites for hydroxylation is 1. The van der Waals surface area contributed by atoms with E-state index in [1.807, 2.05) is 43.5 Å². The Morgan fingerprint density at radius 3 is 2.71 bits per heavy atom. The number of aromatic nitrogens is 3. The first-order chi connectivity index (χ1) is 11.6. The number of nitrogens with zero attached hydrogens (tertiary/aromatic N) is 3. The molecule has 0 radical (unpaired) electrons. The topological polar surface area (TPSA) is 67.8 Å². The highest BCUT2D eigenvalue weighted by Gasteiger charge is 2.14.